The van der Waals surface area contributed by atoms with Crippen molar-refractivity contribution >= 4 is 16.5 Å². The largest absolute Gasteiger partial charge is 0.467 e. The summed E-state index contributed by atoms with van der Waals surface area (Å²) in [5.41, 5.74) is 0. The van der Waals surface area contributed by atoms with Crippen molar-refractivity contribution in [3.63, 3.8) is 0 Å². The maximum Gasteiger partial charge on any atom is 0.206 e. The van der Waals surface area contributed by atoms with Crippen LogP contribution in [0, 0.1) is 5.92 Å². The molecule has 0 aromatic carbocycles. The molecule has 92 valence electrons. The Balaban J connectivity index is 1.97. The molecule has 0 spiro atoms. The molecule has 0 fully saturated rings. The van der Waals surface area contributed by atoms with E-state index in [0.29, 0.717) is 5.92 Å². The number of hydrogen-bond acceptors (Lipinski definition) is 5. The highest BCUT2D eigenvalue weighted by Crippen LogP contribution is 2.23. The lowest BCUT2D eigenvalue weighted by molar-refractivity contribution is 0.490. The lowest BCUT2D eigenvalue weighted by Gasteiger charge is -2.08. The Morgan fingerprint density at radius 3 is 2.82 bits per heavy atom. The highest BCUT2D eigenvalue weighted by atomic mass is 32.1. The van der Waals surface area contributed by atoms with Crippen molar-refractivity contribution in [2.45, 2.75) is 33.2 Å². The van der Waals surface area contributed by atoms with Crippen molar-refractivity contribution < 1.29 is 4.42 Å². The van der Waals surface area contributed by atoms with Crippen LogP contribution in [0.2, 0.25) is 0 Å². The van der Waals surface area contributed by atoms with Gasteiger partial charge in [-0.25, -0.2) is 0 Å². The third-order valence-corrected chi connectivity index (χ3v) is 3.24. The summed E-state index contributed by atoms with van der Waals surface area (Å²) in [4.78, 5) is 0. The molecule has 0 aliphatic heterocycles. The first kappa shape index (κ1) is 12.1. The van der Waals surface area contributed by atoms with Gasteiger partial charge in [-0.2, -0.15) is 0 Å². The van der Waals surface area contributed by atoms with Crippen molar-refractivity contribution in [3.8, 4) is 0 Å². The fourth-order valence-electron chi connectivity index (χ4n) is 1.54. The molecule has 0 radical (unpaired) electrons. The molecular formula is C12H17N3OS. The summed E-state index contributed by atoms with van der Waals surface area (Å²) in [6.07, 6.45) is 2.66. The van der Waals surface area contributed by atoms with E-state index >= 15 is 0 Å². The summed E-state index contributed by atoms with van der Waals surface area (Å²) in [5, 5.41) is 13.5. The van der Waals surface area contributed by atoms with E-state index in [0.717, 1.165) is 22.3 Å². The molecule has 1 unspecified atom stereocenters. The number of aromatic nitrogens is 2. The molecule has 2 heterocycles. The van der Waals surface area contributed by atoms with Gasteiger partial charge in [0.05, 0.1) is 12.3 Å². The number of rotatable bonds is 5. The zero-order chi connectivity index (χ0) is 12.3. The summed E-state index contributed by atoms with van der Waals surface area (Å²) in [6, 6.07) is 3.95. The van der Waals surface area contributed by atoms with E-state index in [4.69, 9.17) is 4.42 Å². The Labute approximate surface area is 105 Å². The van der Waals surface area contributed by atoms with Crippen LogP contribution in [0.5, 0.6) is 0 Å². The summed E-state index contributed by atoms with van der Waals surface area (Å²) >= 11 is 1.61. The highest BCUT2D eigenvalue weighted by Gasteiger charge is 2.11. The molecule has 2 aromatic rings. The molecule has 0 aliphatic carbocycles. The number of anilines is 1. The average Bonchev–Trinajstić information content (AvgIpc) is 2.87. The maximum atomic E-state index is 5.33. The lowest BCUT2D eigenvalue weighted by atomic mass is 10.1. The van der Waals surface area contributed by atoms with Crippen LogP contribution in [0.25, 0.3) is 0 Å². The summed E-state index contributed by atoms with van der Waals surface area (Å²) in [5.74, 6) is 1.52. The van der Waals surface area contributed by atoms with Gasteiger partial charge in [0.15, 0.2) is 0 Å². The van der Waals surface area contributed by atoms with E-state index in [2.05, 4.69) is 29.4 Å². The van der Waals surface area contributed by atoms with Crippen LogP contribution < -0.4 is 5.32 Å². The van der Waals surface area contributed by atoms with E-state index in [9.17, 15) is 0 Å². The lowest BCUT2D eigenvalue weighted by Crippen LogP contribution is -2.04. The van der Waals surface area contributed by atoms with Crippen molar-refractivity contribution in [2.75, 3.05) is 5.32 Å². The Morgan fingerprint density at radius 2 is 2.18 bits per heavy atom. The average molecular weight is 251 g/mol. The summed E-state index contributed by atoms with van der Waals surface area (Å²) in [7, 11) is 0. The predicted octanol–water partition coefficient (Wildman–Crippen LogP) is 3.50. The molecule has 1 N–H and O–H groups in total. The first-order chi connectivity index (χ1) is 8.15. The zero-order valence-electron chi connectivity index (χ0n) is 10.3. The fraction of sp³-hybridized carbons (Fsp3) is 0.500. The zero-order valence-corrected chi connectivity index (χ0v) is 11.1. The summed E-state index contributed by atoms with van der Waals surface area (Å²) in [6.45, 7) is 6.41. The Morgan fingerprint density at radius 1 is 1.35 bits per heavy atom. The Kier molecular flexibility index (Phi) is 3.78. The molecule has 0 aliphatic rings. The van der Waals surface area contributed by atoms with Crippen molar-refractivity contribution in [1.29, 1.82) is 0 Å². The highest BCUT2D eigenvalue weighted by molar-refractivity contribution is 7.15. The van der Waals surface area contributed by atoms with E-state index in [1.54, 1.807) is 17.6 Å². The normalized spacial score (nSPS) is 12.9. The Bertz CT molecular complexity index is 450. The molecule has 5 heteroatoms. The van der Waals surface area contributed by atoms with Gasteiger partial charge in [0.25, 0.3) is 0 Å². The third-order valence-electron chi connectivity index (χ3n) is 2.36. The smallest absolute Gasteiger partial charge is 0.206 e. The van der Waals surface area contributed by atoms with Crippen LogP contribution in [0.3, 0.4) is 0 Å². The standard InChI is InChI=1S/C12H17N3OS/c1-8(2)7-11-14-15-12(17-11)13-9(3)10-5-4-6-16-10/h4-6,8-9H,7H2,1-3H3,(H,13,15). The molecule has 2 aromatic heterocycles. The third kappa shape index (κ3) is 3.30. The van der Waals surface area contributed by atoms with Crippen LogP contribution in [-0.2, 0) is 6.42 Å². The van der Waals surface area contributed by atoms with Crippen molar-refractivity contribution in [2.24, 2.45) is 5.92 Å². The summed E-state index contributed by atoms with van der Waals surface area (Å²) < 4.78 is 5.33. The number of nitrogens with one attached hydrogen (secondary N) is 1. The Hall–Kier alpha value is -1.36. The molecule has 0 saturated heterocycles. The van der Waals surface area contributed by atoms with Gasteiger partial charge in [0.1, 0.15) is 10.8 Å². The van der Waals surface area contributed by atoms with Crippen LogP contribution in [0.4, 0.5) is 5.13 Å². The van der Waals surface area contributed by atoms with Gasteiger partial charge < -0.3 is 9.73 Å². The van der Waals surface area contributed by atoms with Crippen molar-refractivity contribution in [3.05, 3.63) is 29.2 Å². The minimum absolute atomic E-state index is 0.116. The molecule has 0 bridgehead atoms. The van der Waals surface area contributed by atoms with Gasteiger partial charge in [-0.15, -0.1) is 10.2 Å². The van der Waals surface area contributed by atoms with Gasteiger partial charge >= 0.3 is 0 Å². The fourth-order valence-corrected chi connectivity index (χ4v) is 2.58. The van der Waals surface area contributed by atoms with Gasteiger partial charge in [-0.05, 0) is 25.0 Å². The second kappa shape index (κ2) is 5.31. The monoisotopic (exact) mass is 251 g/mol. The van der Waals surface area contributed by atoms with Crippen LogP contribution in [-0.4, -0.2) is 10.2 Å². The minimum atomic E-state index is 0.116. The van der Waals surface area contributed by atoms with Gasteiger partial charge in [0, 0.05) is 6.42 Å². The van der Waals surface area contributed by atoms with E-state index in [1.807, 2.05) is 19.1 Å². The molecule has 1 atom stereocenters. The molecule has 0 amide bonds. The first-order valence-corrected chi connectivity index (χ1v) is 6.59. The van der Waals surface area contributed by atoms with Gasteiger partial charge in [-0.3, -0.25) is 0 Å². The maximum absolute atomic E-state index is 5.33. The van der Waals surface area contributed by atoms with Crippen LogP contribution in [0.15, 0.2) is 22.8 Å². The number of hydrogen-bond donors (Lipinski definition) is 1. The topological polar surface area (TPSA) is 51.0 Å². The minimum Gasteiger partial charge on any atom is -0.467 e. The molecule has 4 nitrogen and oxygen atoms in total. The SMILES string of the molecule is CC(C)Cc1nnc(NC(C)c2ccco2)s1. The molecule has 0 saturated carbocycles. The number of nitrogens with zero attached hydrogens (tertiary/aromatic N) is 2. The molecule has 2 rings (SSSR count). The molecule has 17 heavy (non-hydrogen) atoms. The van der Waals surface area contributed by atoms with E-state index < -0.39 is 0 Å². The van der Waals surface area contributed by atoms with Gasteiger partial charge in [0.2, 0.25) is 5.13 Å². The second-order valence-corrected chi connectivity index (χ2v) is 5.54. The quantitative estimate of drug-likeness (QED) is 0.883. The first-order valence-electron chi connectivity index (χ1n) is 5.77. The van der Waals surface area contributed by atoms with Crippen LogP contribution >= 0.6 is 11.3 Å². The molecular weight excluding hydrogens is 234 g/mol. The van der Waals surface area contributed by atoms with E-state index in [-0.39, 0.29) is 6.04 Å². The number of furan rings is 1. The van der Waals surface area contributed by atoms with Gasteiger partial charge in [-0.1, -0.05) is 25.2 Å². The van der Waals surface area contributed by atoms with Crippen molar-refractivity contribution in [1.82, 2.24) is 10.2 Å². The van der Waals surface area contributed by atoms with Crippen LogP contribution in [0.1, 0.15) is 37.6 Å². The second-order valence-electron chi connectivity index (χ2n) is 4.48. The predicted molar refractivity (Wildman–Crippen MR) is 69.2 cm³/mol. The van der Waals surface area contributed by atoms with E-state index in [1.165, 1.54) is 0 Å².